The van der Waals surface area contributed by atoms with Gasteiger partial charge in [-0.15, -0.1) is 0 Å². The molecule has 120 valence electrons. The van der Waals surface area contributed by atoms with E-state index in [1.807, 2.05) is 6.92 Å². The summed E-state index contributed by atoms with van der Waals surface area (Å²) in [6.45, 7) is 1.87. The van der Waals surface area contributed by atoms with Crippen LogP contribution in [0.2, 0.25) is 0 Å². The number of benzene rings is 1. The molecular formula is C12H18O7S2. The maximum Gasteiger partial charge on any atom is 0.465 e. The second kappa shape index (κ2) is 8.32. The molecule has 0 unspecified atom stereocenters. The second-order valence-electron chi connectivity index (χ2n) is 4.16. The van der Waals surface area contributed by atoms with E-state index in [0.717, 1.165) is 19.3 Å². The summed E-state index contributed by atoms with van der Waals surface area (Å²) >= 11 is 0. The highest BCUT2D eigenvalue weighted by Crippen LogP contribution is 2.14. The Morgan fingerprint density at radius 3 is 2.19 bits per heavy atom. The molecule has 1 rings (SSSR count). The molecule has 0 N–H and O–H groups in total. The third-order valence-corrected chi connectivity index (χ3v) is 4.52. The standard InChI is InChI=1S/C12H18O7S2/c1-2-3-4-8-11-17-20(13,14)19-21(15,16)18-12-9-6-5-7-10-12/h5-7,9-10H,2-4,8,11H2,1H3. The molecule has 0 aliphatic carbocycles. The Balaban J connectivity index is 2.49. The minimum atomic E-state index is -4.75. The summed E-state index contributed by atoms with van der Waals surface area (Å²) in [7, 11) is -9.41. The quantitative estimate of drug-likeness (QED) is 0.603. The zero-order valence-corrected chi connectivity index (χ0v) is 13.2. The molecule has 0 fully saturated rings. The summed E-state index contributed by atoms with van der Waals surface area (Å²) < 4.78 is 58.5. The van der Waals surface area contributed by atoms with Crippen molar-refractivity contribution in [3.8, 4) is 5.75 Å². The van der Waals surface area contributed by atoms with Crippen molar-refractivity contribution in [3.05, 3.63) is 30.3 Å². The van der Waals surface area contributed by atoms with Crippen LogP contribution < -0.4 is 4.18 Å². The van der Waals surface area contributed by atoms with Gasteiger partial charge < -0.3 is 4.18 Å². The zero-order valence-electron chi connectivity index (χ0n) is 11.6. The Kier molecular flexibility index (Phi) is 7.09. The first-order chi connectivity index (χ1) is 9.85. The highest BCUT2D eigenvalue weighted by atomic mass is 32.3. The molecule has 0 spiro atoms. The maximum absolute atomic E-state index is 11.4. The smallest absolute Gasteiger partial charge is 0.361 e. The first kappa shape index (κ1) is 17.9. The Bertz CT molecular complexity index is 608. The Morgan fingerprint density at radius 1 is 0.905 bits per heavy atom. The van der Waals surface area contributed by atoms with E-state index in [1.165, 1.54) is 24.3 Å². The Hall–Kier alpha value is -1.16. The van der Waals surface area contributed by atoms with Gasteiger partial charge >= 0.3 is 20.8 Å². The van der Waals surface area contributed by atoms with Crippen LogP contribution >= 0.6 is 0 Å². The number of rotatable bonds is 10. The zero-order chi connectivity index (χ0) is 15.8. The molecule has 0 aromatic heterocycles. The third kappa shape index (κ3) is 8.00. The summed E-state index contributed by atoms with van der Waals surface area (Å²) in [4.78, 5) is 0. The van der Waals surface area contributed by atoms with E-state index < -0.39 is 20.8 Å². The fourth-order valence-corrected chi connectivity index (χ4v) is 3.17. The van der Waals surface area contributed by atoms with Crippen LogP contribution in [0.1, 0.15) is 32.6 Å². The van der Waals surface area contributed by atoms with Gasteiger partial charge in [0.1, 0.15) is 5.75 Å². The van der Waals surface area contributed by atoms with E-state index >= 15 is 0 Å². The predicted octanol–water partition coefficient (Wildman–Crippen LogP) is 2.17. The number of hydrogen-bond donors (Lipinski definition) is 0. The average molecular weight is 338 g/mol. The Morgan fingerprint density at radius 2 is 1.57 bits per heavy atom. The van der Waals surface area contributed by atoms with Crippen LogP contribution in [0.5, 0.6) is 5.75 Å². The molecule has 0 atom stereocenters. The predicted molar refractivity (Wildman–Crippen MR) is 76.1 cm³/mol. The summed E-state index contributed by atoms with van der Waals surface area (Å²) in [5, 5.41) is 0. The van der Waals surface area contributed by atoms with Gasteiger partial charge in [0, 0.05) is 0 Å². The maximum atomic E-state index is 11.4. The summed E-state index contributed by atoms with van der Waals surface area (Å²) in [6, 6.07) is 7.40. The van der Waals surface area contributed by atoms with Crippen LogP contribution in [-0.4, -0.2) is 23.4 Å². The fourth-order valence-electron chi connectivity index (χ4n) is 1.42. The molecule has 1 aromatic carbocycles. The SMILES string of the molecule is CCCCCCOS(=O)(=O)OS(=O)(=O)Oc1ccccc1. The lowest BCUT2D eigenvalue weighted by atomic mass is 10.2. The van der Waals surface area contributed by atoms with Crippen LogP contribution in [0.4, 0.5) is 0 Å². The third-order valence-electron chi connectivity index (χ3n) is 2.33. The van der Waals surface area contributed by atoms with Crippen molar-refractivity contribution in [2.45, 2.75) is 32.6 Å². The lowest BCUT2D eigenvalue weighted by Crippen LogP contribution is -2.20. The van der Waals surface area contributed by atoms with Gasteiger partial charge in [0.15, 0.2) is 0 Å². The molecule has 0 amide bonds. The minimum absolute atomic E-state index is 0.0596. The minimum Gasteiger partial charge on any atom is -0.361 e. The van der Waals surface area contributed by atoms with Gasteiger partial charge in [-0.25, -0.2) is 4.18 Å². The van der Waals surface area contributed by atoms with E-state index in [-0.39, 0.29) is 12.4 Å². The van der Waals surface area contributed by atoms with Gasteiger partial charge in [-0.3, -0.25) is 0 Å². The first-order valence-electron chi connectivity index (χ1n) is 6.44. The highest BCUT2D eigenvalue weighted by Gasteiger charge is 2.25. The largest absolute Gasteiger partial charge is 0.465 e. The fraction of sp³-hybridized carbons (Fsp3) is 0.500. The van der Waals surface area contributed by atoms with Gasteiger partial charge in [-0.05, 0) is 18.6 Å². The number of para-hydroxylation sites is 1. The number of unbranched alkanes of at least 4 members (excludes halogenated alkanes) is 3. The van der Waals surface area contributed by atoms with Gasteiger partial charge in [-0.1, -0.05) is 48.0 Å². The monoisotopic (exact) mass is 338 g/mol. The van der Waals surface area contributed by atoms with Gasteiger partial charge in [0.2, 0.25) is 0 Å². The van der Waals surface area contributed by atoms with E-state index in [2.05, 4.69) is 12.0 Å². The van der Waals surface area contributed by atoms with Crippen LogP contribution in [0.3, 0.4) is 0 Å². The molecule has 0 bridgehead atoms. The first-order valence-corrected chi connectivity index (χ1v) is 9.11. The van der Waals surface area contributed by atoms with E-state index in [0.29, 0.717) is 6.42 Å². The van der Waals surface area contributed by atoms with Gasteiger partial charge in [0.05, 0.1) is 6.61 Å². The van der Waals surface area contributed by atoms with Crippen molar-refractivity contribution < 1.29 is 28.8 Å². The van der Waals surface area contributed by atoms with Gasteiger partial charge in [-0.2, -0.15) is 16.8 Å². The molecule has 0 radical (unpaired) electrons. The molecule has 7 nitrogen and oxygen atoms in total. The van der Waals surface area contributed by atoms with Crippen LogP contribution in [0.15, 0.2) is 30.3 Å². The molecule has 9 heteroatoms. The van der Waals surface area contributed by atoms with Crippen molar-refractivity contribution in [3.63, 3.8) is 0 Å². The van der Waals surface area contributed by atoms with E-state index in [4.69, 9.17) is 0 Å². The lowest BCUT2D eigenvalue weighted by Gasteiger charge is -2.07. The molecule has 0 aliphatic heterocycles. The van der Waals surface area contributed by atoms with Crippen LogP contribution in [0.25, 0.3) is 0 Å². The van der Waals surface area contributed by atoms with E-state index in [1.54, 1.807) is 6.07 Å². The van der Waals surface area contributed by atoms with Gasteiger partial charge in [0.25, 0.3) is 0 Å². The molecule has 0 saturated carbocycles. The molecule has 0 aliphatic rings. The molecule has 21 heavy (non-hydrogen) atoms. The van der Waals surface area contributed by atoms with E-state index in [9.17, 15) is 16.8 Å². The molecular weight excluding hydrogens is 320 g/mol. The molecule has 0 saturated heterocycles. The topological polar surface area (TPSA) is 96.0 Å². The second-order valence-corrected chi connectivity index (χ2v) is 6.74. The van der Waals surface area contributed by atoms with Crippen LogP contribution in [-0.2, 0) is 28.6 Å². The van der Waals surface area contributed by atoms with Crippen molar-refractivity contribution >= 4 is 20.8 Å². The summed E-state index contributed by atoms with van der Waals surface area (Å²) in [5.41, 5.74) is 0. The lowest BCUT2D eigenvalue weighted by molar-refractivity contribution is 0.259. The highest BCUT2D eigenvalue weighted by molar-refractivity contribution is 7.95. The normalized spacial score (nSPS) is 12.2. The van der Waals surface area contributed by atoms with Crippen LogP contribution in [0, 0.1) is 0 Å². The summed E-state index contributed by atoms with van der Waals surface area (Å²) in [5.74, 6) is -0.0596. The number of hydrogen-bond acceptors (Lipinski definition) is 7. The van der Waals surface area contributed by atoms with Crippen molar-refractivity contribution in [2.24, 2.45) is 0 Å². The average Bonchev–Trinajstić information content (AvgIpc) is 2.37. The van der Waals surface area contributed by atoms with Crippen molar-refractivity contribution in [2.75, 3.05) is 6.61 Å². The Labute approximate surface area is 125 Å². The molecule has 0 heterocycles. The molecule has 1 aromatic rings. The summed E-state index contributed by atoms with van der Waals surface area (Å²) in [6.07, 6.45) is 3.22. The van der Waals surface area contributed by atoms with Crippen molar-refractivity contribution in [1.82, 2.24) is 0 Å². The van der Waals surface area contributed by atoms with Crippen molar-refractivity contribution in [1.29, 1.82) is 0 Å².